The number of allylic oxidation sites excluding steroid dienone is 1. The highest BCUT2D eigenvalue weighted by Crippen LogP contribution is 2.32. The van der Waals surface area contributed by atoms with E-state index in [-0.39, 0.29) is 12.4 Å². The molecule has 2 saturated heterocycles. The maximum atomic E-state index is 6.21. The number of hydrogen-bond acceptors (Lipinski definition) is 3. The minimum absolute atomic E-state index is 0.0268. The monoisotopic (exact) mass is 434 g/mol. The van der Waals surface area contributed by atoms with Gasteiger partial charge in [-0.1, -0.05) is 20.1 Å². The lowest BCUT2D eigenvalue weighted by Crippen LogP contribution is -2.26. The van der Waals surface area contributed by atoms with Gasteiger partial charge in [-0.05, 0) is 82.6 Å². The summed E-state index contributed by atoms with van der Waals surface area (Å²) in [5.41, 5.74) is 1.27. The number of hydrogen-bond donors (Lipinski definition) is 0. The summed E-state index contributed by atoms with van der Waals surface area (Å²) < 4.78 is 18.7. The van der Waals surface area contributed by atoms with E-state index in [0.29, 0.717) is 6.10 Å². The molecule has 0 unspecified atom stereocenters. The Kier molecular flexibility index (Phi) is 8.58. The molecule has 2 aliphatic heterocycles. The summed E-state index contributed by atoms with van der Waals surface area (Å²) >= 11 is 2.32. The van der Waals surface area contributed by atoms with Crippen molar-refractivity contribution in [2.45, 2.75) is 76.8 Å². The van der Waals surface area contributed by atoms with Gasteiger partial charge in [-0.15, -0.1) is 0 Å². The van der Waals surface area contributed by atoms with Crippen LogP contribution in [0.2, 0.25) is 0 Å². The first-order chi connectivity index (χ1) is 11.0. The van der Waals surface area contributed by atoms with Crippen molar-refractivity contribution < 1.29 is 14.2 Å². The van der Waals surface area contributed by atoms with Crippen LogP contribution in [0.25, 0.3) is 0 Å². The summed E-state index contributed by atoms with van der Waals surface area (Å²) in [7, 11) is 0. The van der Waals surface area contributed by atoms with Gasteiger partial charge in [0, 0.05) is 6.42 Å². The molecule has 0 N–H and O–H groups in total. The standard InChI is InChI=1S/C19H31IO3/c1-14(5-7-16(3)20)6-9-18-15(2)13-17(23-18)8-10-19-21-11-4-12-22-19/h14,17-19H,2-13H2,1H3/t14-,17+,18+/m1/s1. The van der Waals surface area contributed by atoms with Crippen LogP contribution in [0.3, 0.4) is 0 Å². The fraction of sp³-hybridized carbons (Fsp3) is 0.789. The summed E-state index contributed by atoms with van der Waals surface area (Å²) in [4.78, 5) is 0. The van der Waals surface area contributed by atoms with E-state index in [0.717, 1.165) is 57.7 Å². The lowest BCUT2D eigenvalue weighted by atomic mass is 9.95. The number of rotatable bonds is 9. The van der Waals surface area contributed by atoms with Crippen molar-refractivity contribution in [1.29, 1.82) is 0 Å². The van der Waals surface area contributed by atoms with E-state index in [1.54, 1.807) is 0 Å². The molecule has 0 aromatic carbocycles. The van der Waals surface area contributed by atoms with Crippen LogP contribution in [0.1, 0.15) is 58.3 Å². The van der Waals surface area contributed by atoms with Crippen LogP contribution in [0.4, 0.5) is 0 Å². The molecule has 0 amide bonds. The molecule has 0 radical (unpaired) electrons. The SMILES string of the molecule is C=C(I)CC[C@@H](C)CC[C@@H]1O[C@@H](CCC2OCCCO2)CC1=C. The molecule has 2 fully saturated rings. The van der Waals surface area contributed by atoms with Gasteiger partial charge in [0.05, 0.1) is 25.4 Å². The molecule has 2 rings (SSSR count). The van der Waals surface area contributed by atoms with E-state index < -0.39 is 0 Å². The minimum Gasteiger partial charge on any atom is -0.370 e. The Labute approximate surface area is 155 Å². The van der Waals surface area contributed by atoms with Gasteiger partial charge in [-0.3, -0.25) is 0 Å². The maximum absolute atomic E-state index is 6.21. The van der Waals surface area contributed by atoms with Crippen molar-refractivity contribution in [2.75, 3.05) is 13.2 Å². The average Bonchev–Trinajstić information content (AvgIpc) is 2.90. The van der Waals surface area contributed by atoms with Crippen LogP contribution in [0.5, 0.6) is 0 Å². The van der Waals surface area contributed by atoms with Gasteiger partial charge in [0.2, 0.25) is 0 Å². The predicted molar refractivity (Wildman–Crippen MR) is 103 cm³/mol. The van der Waals surface area contributed by atoms with Crippen molar-refractivity contribution >= 4 is 22.6 Å². The third-order valence-electron chi connectivity index (χ3n) is 4.75. The first-order valence-electron chi connectivity index (χ1n) is 8.94. The minimum atomic E-state index is -0.0268. The molecule has 0 aliphatic carbocycles. The van der Waals surface area contributed by atoms with E-state index in [2.05, 4.69) is 42.7 Å². The maximum Gasteiger partial charge on any atom is 0.157 e. The molecular formula is C19H31IO3. The molecule has 0 aromatic rings. The fourth-order valence-electron chi connectivity index (χ4n) is 3.25. The molecule has 0 bridgehead atoms. The lowest BCUT2D eigenvalue weighted by molar-refractivity contribution is -0.184. The normalized spacial score (nSPS) is 27.3. The highest BCUT2D eigenvalue weighted by atomic mass is 127. The van der Waals surface area contributed by atoms with Crippen molar-refractivity contribution in [3.8, 4) is 0 Å². The van der Waals surface area contributed by atoms with Gasteiger partial charge in [-0.25, -0.2) is 0 Å². The molecule has 3 atom stereocenters. The number of halogens is 1. The van der Waals surface area contributed by atoms with E-state index in [9.17, 15) is 0 Å². The van der Waals surface area contributed by atoms with Crippen LogP contribution < -0.4 is 0 Å². The van der Waals surface area contributed by atoms with E-state index in [4.69, 9.17) is 14.2 Å². The van der Waals surface area contributed by atoms with Gasteiger partial charge in [0.15, 0.2) is 6.29 Å². The quantitative estimate of drug-likeness (QED) is 0.360. The Balaban J connectivity index is 1.63. The Morgan fingerprint density at radius 1 is 1.22 bits per heavy atom. The smallest absolute Gasteiger partial charge is 0.157 e. The first kappa shape index (κ1) is 19.4. The summed E-state index contributed by atoms with van der Waals surface area (Å²) in [5.74, 6) is 0.723. The number of ether oxygens (including phenoxy) is 3. The van der Waals surface area contributed by atoms with E-state index in [1.165, 1.54) is 22.0 Å². The summed E-state index contributed by atoms with van der Waals surface area (Å²) in [5, 5.41) is 0. The highest BCUT2D eigenvalue weighted by molar-refractivity contribution is 14.1. The molecule has 132 valence electrons. The Bertz CT molecular complexity index is 390. The van der Waals surface area contributed by atoms with Gasteiger partial charge in [0.25, 0.3) is 0 Å². The van der Waals surface area contributed by atoms with Gasteiger partial charge in [0.1, 0.15) is 0 Å². The van der Waals surface area contributed by atoms with Crippen LogP contribution in [-0.4, -0.2) is 31.7 Å². The van der Waals surface area contributed by atoms with E-state index in [1.807, 2.05) is 0 Å². The molecule has 2 aliphatic rings. The second kappa shape index (κ2) is 10.2. The molecule has 3 nitrogen and oxygen atoms in total. The highest BCUT2D eigenvalue weighted by Gasteiger charge is 2.29. The molecule has 0 aromatic heterocycles. The zero-order valence-electron chi connectivity index (χ0n) is 14.4. The third-order valence-corrected chi connectivity index (χ3v) is 5.29. The summed E-state index contributed by atoms with van der Waals surface area (Å²) in [6.45, 7) is 12.2. The van der Waals surface area contributed by atoms with Crippen molar-refractivity contribution in [2.24, 2.45) is 5.92 Å². The molecule has 0 spiro atoms. The van der Waals surface area contributed by atoms with Crippen molar-refractivity contribution in [1.82, 2.24) is 0 Å². The van der Waals surface area contributed by atoms with Crippen molar-refractivity contribution in [3.63, 3.8) is 0 Å². The van der Waals surface area contributed by atoms with Gasteiger partial charge >= 0.3 is 0 Å². The summed E-state index contributed by atoms with van der Waals surface area (Å²) in [6.07, 6.45) is 9.11. The Morgan fingerprint density at radius 2 is 1.96 bits per heavy atom. The fourth-order valence-corrected chi connectivity index (χ4v) is 3.56. The third kappa shape index (κ3) is 7.24. The molecule has 4 heteroatoms. The van der Waals surface area contributed by atoms with Crippen LogP contribution in [0, 0.1) is 5.92 Å². The second-order valence-electron chi connectivity index (χ2n) is 6.95. The topological polar surface area (TPSA) is 27.7 Å². The average molecular weight is 434 g/mol. The Morgan fingerprint density at radius 3 is 2.65 bits per heavy atom. The largest absolute Gasteiger partial charge is 0.370 e. The van der Waals surface area contributed by atoms with Crippen molar-refractivity contribution in [3.05, 3.63) is 22.3 Å². The molecule has 2 heterocycles. The van der Waals surface area contributed by atoms with Gasteiger partial charge in [-0.2, -0.15) is 0 Å². The molecule has 23 heavy (non-hydrogen) atoms. The van der Waals surface area contributed by atoms with Crippen LogP contribution in [-0.2, 0) is 14.2 Å². The zero-order valence-corrected chi connectivity index (χ0v) is 16.6. The van der Waals surface area contributed by atoms with Gasteiger partial charge < -0.3 is 14.2 Å². The Hall–Kier alpha value is 0.0900. The van der Waals surface area contributed by atoms with Crippen LogP contribution >= 0.6 is 22.6 Å². The molecule has 0 saturated carbocycles. The van der Waals surface area contributed by atoms with Crippen LogP contribution in [0.15, 0.2) is 22.3 Å². The molecular weight excluding hydrogens is 403 g/mol. The lowest BCUT2D eigenvalue weighted by Gasteiger charge is -2.24. The second-order valence-corrected chi connectivity index (χ2v) is 8.48. The first-order valence-corrected chi connectivity index (χ1v) is 10.0. The summed E-state index contributed by atoms with van der Waals surface area (Å²) in [6, 6.07) is 0. The zero-order chi connectivity index (χ0) is 16.7. The van der Waals surface area contributed by atoms with E-state index >= 15 is 0 Å². The predicted octanol–water partition coefficient (Wildman–Crippen LogP) is 5.39.